The Kier molecular flexibility index (Phi) is 6.26. The quantitative estimate of drug-likeness (QED) is 0.374. The summed E-state index contributed by atoms with van der Waals surface area (Å²) in [7, 11) is -3.03. The van der Waals surface area contributed by atoms with Crippen LogP contribution in [0.25, 0.3) is 9.75 Å². The van der Waals surface area contributed by atoms with Crippen LogP contribution < -0.4 is 0 Å². The average Bonchev–Trinajstić information content (AvgIpc) is 3.12. The van der Waals surface area contributed by atoms with Gasteiger partial charge in [0.25, 0.3) is 0 Å². The van der Waals surface area contributed by atoms with Gasteiger partial charge in [-0.1, -0.05) is 51.1 Å². The lowest BCUT2D eigenvalue weighted by atomic mass is 10.2. The highest BCUT2D eigenvalue weighted by atomic mass is 32.1. The molecule has 6 heteroatoms. The zero-order valence-corrected chi connectivity index (χ0v) is 19.6. The normalized spacial score (nSPS) is 11.2. The Hall–Kier alpha value is -1.71. The lowest BCUT2D eigenvalue weighted by Gasteiger charge is -2.02. The second-order valence-electron chi connectivity index (χ2n) is 8.01. The van der Waals surface area contributed by atoms with Gasteiger partial charge >= 0.3 is 0 Å². The monoisotopic (exact) mass is 414 g/mol. The van der Waals surface area contributed by atoms with Crippen molar-refractivity contribution >= 4 is 51.4 Å². The van der Waals surface area contributed by atoms with Gasteiger partial charge in [-0.25, -0.2) is 0 Å². The number of hydrogen-bond acceptors (Lipinski definition) is 4. The molecule has 2 nitrogen and oxygen atoms in total. The van der Waals surface area contributed by atoms with Crippen molar-refractivity contribution in [3.05, 3.63) is 33.0 Å². The Morgan fingerprint density at radius 2 is 1.08 bits per heavy atom. The minimum Gasteiger partial charge on any atom is -0.297 e. The van der Waals surface area contributed by atoms with Crippen molar-refractivity contribution in [3.8, 4) is 32.7 Å². The summed E-state index contributed by atoms with van der Waals surface area (Å²) in [4.78, 5) is 26.0. The molecule has 26 heavy (non-hydrogen) atoms. The highest BCUT2D eigenvalue weighted by molar-refractivity contribution is 7.23. The Labute approximate surface area is 165 Å². The SMILES string of the molecule is C[Si](C)(C)C#Cc1cc(-c2cc(C#C[Si](C)(C)C)c(C=O)s2)sc1C=O. The van der Waals surface area contributed by atoms with Gasteiger partial charge in [0, 0.05) is 20.9 Å². The first kappa shape index (κ1) is 20.6. The lowest BCUT2D eigenvalue weighted by molar-refractivity contribution is 0.111. The maximum Gasteiger partial charge on any atom is 0.161 e. The molecule has 0 radical (unpaired) electrons. The Bertz CT molecular complexity index is 882. The molecule has 0 unspecified atom stereocenters. The Morgan fingerprint density at radius 3 is 1.35 bits per heavy atom. The molecule has 0 aromatic carbocycles. The topological polar surface area (TPSA) is 34.1 Å². The molecule has 0 aliphatic carbocycles. The zero-order chi connectivity index (χ0) is 19.5. The summed E-state index contributed by atoms with van der Waals surface area (Å²) in [6.07, 6.45) is 1.73. The molecular weight excluding hydrogens is 393 g/mol. The van der Waals surface area contributed by atoms with Crippen molar-refractivity contribution in [1.82, 2.24) is 0 Å². The van der Waals surface area contributed by atoms with E-state index in [1.54, 1.807) is 0 Å². The first-order chi connectivity index (χ1) is 12.0. The smallest absolute Gasteiger partial charge is 0.161 e. The van der Waals surface area contributed by atoms with Crippen molar-refractivity contribution in [2.75, 3.05) is 0 Å². The van der Waals surface area contributed by atoms with Gasteiger partial charge in [0.15, 0.2) is 12.6 Å². The van der Waals surface area contributed by atoms with Crippen molar-refractivity contribution in [3.63, 3.8) is 0 Å². The molecule has 0 fully saturated rings. The molecule has 0 aliphatic rings. The van der Waals surface area contributed by atoms with E-state index in [0.29, 0.717) is 9.75 Å². The second kappa shape index (κ2) is 7.89. The second-order valence-corrected chi connectivity index (χ2v) is 19.7. The molecule has 2 aromatic heterocycles. The van der Waals surface area contributed by atoms with Crippen LogP contribution in [-0.4, -0.2) is 28.7 Å². The van der Waals surface area contributed by atoms with E-state index in [0.717, 1.165) is 33.5 Å². The van der Waals surface area contributed by atoms with E-state index in [2.05, 4.69) is 62.2 Å². The number of carbonyl (C=O) groups is 2. The Balaban J connectivity index is 2.49. The minimum absolute atomic E-state index is 0.640. The number of carbonyl (C=O) groups excluding carboxylic acids is 2. The fraction of sp³-hybridized carbons (Fsp3) is 0.300. The number of thiophene rings is 2. The molecular formula is C20H22O2S2Si2. The Morgan fingerprint density at radius 1 is 0.731 bits per heavy atom. The van der Waals surface area contributed by atoms with Crippen LogP contribution in [0.1, 0.15) is 30.5 Å². The number of rotatable bonds is 3. The summed E-state index contributed by atoms with van der Waals surface area (Å²) in [5.41, 5.74) is 8.17. The summed E-state index contributed by atoms with van der Waals surface area (Å²) in [5.74, 6) is 6.36. The first-order valence-corrected chi connectivity index (χ1v) is 16.9. The molecule has 2 aromatic rings. The predicted octanol–water partition coefficient (Wildman–Crippen LogP) is 5.56. The van der Waals surface area contributed by atoms with Crippen LogP contribution in [0.4, 0.5) is 0 Å². The van der Waals surface area contributed by atoms with Gasteiger partial charge in [0.2, 0.25) is 0 Å². The van der Waals surface area contributed by atoms with Crippen LogP contribution in [0.3, 0.4) is 0 Å². The fourth-order valence-electron chi connectivity index (χ4n) is 1.93. The van der Waals surface area contributed by atoms with E-state index >= 15 is 0 Å². The summed E-state index contributed by atoms with van der Waals surface area (Å²) in [6, 6.07) is 3.91. The van der Waals surface area contributed by atoms with Crippen LogP contribution in [0.5, 0.6) is 0 Å². The minimum atomic E-state index is -1.52. The number of hydrogen-bond donors (Lipinski definition) is 0. The van der Waals surface area contributed by atoms with E-state index in [1.807, 2.05) is 12.1 Å². The molecule has 0 amide bonds. The summed E-state index contributed by atoms with van der Waals surface area (Å²) >= 11 is 2.84. The van der Waals surface area contributed by atoms with E-state index in [4.69, 9.17) is 0 Å². The summed E-state index contributed by atoms with van der Waals surface area (Å²) in [6.45, 7) is 13.0. The molecule has 0 saturated carbocycles. The predicted molar refractivity (Wildman–Crippen MR) is 119 cm³/mol. The van der Waals surface area contributed by atoms with Gasteiger partial charge in [-0.05, 0) is 12.1 Å². The van der Waals surface area contributed by atoms with Crippen LogP contribution in [0.15, 0.2) is 12.1 Å². The zero-order valence-electron chi connectivity index (χ0n) is 15.9. The van der Waals surface area contributed by atoms with Crippen LogP contribution >= 0.6 is 22.7 Å². The van der Waals surface area contributed by atoms with Crippen molar-refractivity contribution < 1.29 is 9.59 Å². The standard InChI is InChI=1S/C20H22O2S2Si2/c1-25(2,3)9-7-15-11-17(23-19(15)13-21)18-12-16(20(14-22)24-18)8-10-26(4,5)6/h11-14H,1-6H3. The van der Waals surface area contributed by atoms with E-state index in [-0.39, 0.29) is 0 Å². The molecule has 2 rings (SSSR count). The van der Waals surface area contributed by atoms with Gasteiger partial charge in [0.05, 0.1) is 9.75 Å². The third-order valence-electron chi connectivity index (χ3n) is 3.12. The highest BCUT2D eigenvalue weighted by Gasteiger charge is 2.15. The summed E-state index contributed by atoms with van der Waals surface area (Å²) in [5, 5.41) is 0. The molecule has 0 aliphatic heterocycles. The molecule has 0 spiro atoms. The maximum absolute atomic E-state index is 11.4. The molecule has 2 heterocycles. The van der Waals surface area contributed by atoms with Crippen molar-refractivity contribution in [2.45, 2.75) is 39.3 Å². The largest absolute Gasteiger partial charge is 0.297 e. The third-order valence-corrected chi connectivity index (χ3v) is 7.19. The van der Waals surface area contributed by atoms with E-state index in [9.17, 15) is 9.59 Å². The molecule has 0 saturated heterocycles. The maximum atomic E-state index is 11.4. The first-order valence-electron chi connectivity index (χ1n) is 8.27. The molecule has 0 N–H and O–H groups in total. The molecule has 134 valence electrons. The summed E-state index contributed by atoms with van der Waals surface area (Å²) < 4.78 is 0. The van der Waals surface area contributed by atoms with Gasteiger partial charge in [-0.15, -0.1) is 33.8 Å². The van der Waals surface area contributed by atoms with Gasteiger partial charge < -0.3 is 0 Å². The highest BCUT2D eigenvalue weighted by Crippen LogP contribution is 2.36. The van der Waals surface area contributed by atoms with Crippen molar-refractivity contribution in [2.24, 2.45) is 0 Å². The molecule has 0 bridgehead atoms. The van der Waals surface area contributed by atoms with Gasteiger partial charge in [-0.2, -0.15) is 0 Å². The van der Waals surface area contributed by atoms with Crippen molar-refractivity contribution in [1.29, 1.82) is 0 Å². The van der Waals surface area contributed by atoms with Crippen LogP contribution in [-0.2, 0) is 0 Å². The van der Waals surface area contributed by atoms with Gasteiger partial charge in [0.1, 0.15) is 16.1 Å². The van der Waals surface area contributed by atoms with E-state index in [1.165, 1.54) is 22.7 Å². The van der Waals surface area contributed by atoms with Crippen LogP contribution in [0, 0.1) is 22.9 Å². The third kappa shape index (κ3) is 5.65. The molecule has 0 atom stereocenters. The van der Waals surface area contributed by atoms with Gasteiger partial charge in [-0.3, -0.25) is 9.59 Å². The average molecular weight is 415 g/mol. The van der Waals surface area contributed by atoms with Crippen LogP contribution in [0.2, 0.25) is 39.3 Å². The number of aldehydes is 2. The fourth-order valence-corrected chi connectivity index (χ4v) is 4.89. The van der Waals surface area contributed by atoms with E-state index < -0.39 is 16.1 Å². The lowest BCUT2D eigenvalue weighted by Crippen LogP contribution is -2.16.